The van der Waals surface area contributed by atoms with Gasteiger partial charge in [-0.3, -0.25) is 0 Å². The molecule has 0 spiro atoms. The molecule has 2 rings (SSSR count). The maximum Gasteiger partial charge on any atom is 0.130 e. The van der Waals surface area contributed by atoms with E-state index in [-0.39, 0.29) is 12.1 Å². The molecule has 1 aliphatic carbocycles. The molecular weight excluding hydrogens is 208 g/mol. The number of hydrogen-bond acceptors (Lipinski definition) is 1. The molecule has 1 aliphatic rings. The highest BCUT2D eigenvalue weighted by Crippen LogP contribution is 2.28. The molecule has 0 saturated heterocycles. The molecule has 0 bridgehead atoms. The monoisotopic (exact) mass is 225 g/mol. The fourth-order valence-electron chi connectivity index (χ4n) is 2.00. The molecule has 16 heavy (non-hydrogen) atoms. The van der Waals surface area contributed by atoms with E-state index in [0.717, 1.165) is 18.9 Å². The van der Waals surface area contributed by atoms with E-state index in [1.54, 1.807) is 0 Å². The van der Waals surface area contributed by atoms with E-state index in [1.165, 1.54) is 37.5 Å². The molecule has 1 aromatic rings. The zero-order valence-corrected chi connectivity index (χ0v) is 9.31. The van der Waals surface area contributed by atoms with E-state index in [2.05, 4.69) is 5.32 Å². The molecule has 88 valence electrons. The van der Waals surface area contributed by atoms with Crippen LogP contribution in [0.3, 0.4) is 0 Å². The number of benzene rings is 1. The zero-order valence-electron chi connectivity index (χ0n) is 9.31. The van der Waals surface area contributed by atoms with Gasteiger partial charge >= 0.3 is 0 Å². The third-order valence-corrected chi connectivity index (χ3v) is 3.32. The Morgan fingerprint density at radius 2 is 1.88 bits per heavy atom. The van der Waals surface area contributed by atoms with Gasteiger partial charge in [0.25, 0.3) is 0 Å². The first kappa shape index (κ1) is 11.5. The van der Waals surface area contributed by atoms with Crippen LogP contribution in [-0.4, -0.2) is 6.54 Å². The predicted octanol–water partition coefficient (Wildman–Crippen LogP) is 3.24. The Labute approximate surface area is 94.9 Å². The summed E-state index contributed by atoms with van der Waals surface area (Å²) < 4.78 is 26.5. The molecule has 0 radical (unpaired) electrons. The van der Waals surface area contributed by atoms with Crippen molar-refractivity contribution in [2.24, 2.45) is 5.92 Å². The van der Waals surface area contributed by atoms with Crippen LogP contribution < -0.4 is 5.32 Å². The smallest absolute Gasteiger partial charge is 0.130 e. The molecule has 1 saturated carbocycles. The van der Waals surface area contributed by atoms with Gasteiger partial charge in [-0.15, -0.1) is 0 Å². The summed E-state index contributed by atoms with van der Waals surface area (Å²) in [5.41, 5.74) is 0.149. The normalized spacial score (nSPS) is 16.1. The predicted molar refractivity (Wildman–Crippen MR) is 60.0 cm³/mol. The molecule has 0 aliphatic heterocycles. The Kier molecular flexibility index (Phi) is 3.88. The van der Waals surface area contributed by atoms with Crippen molar-refractivity contribution in [3.05, 3.63) is 35.4 Å². The van der Waals surface area contributed by atoms with Gasteiger partial charge in [-0.2, -0.15) is 0 Å². The minimum absolute atomic E-state index is 0.149. The molecule has 0 unspecified atom stereocenters. The average molecular weight is 225 g/mol. The lowest BCUT2D eigenvalue weighted by atomic mass is 9.83. The Hall–Kier alpha value is -0.960. The molecule has 1 nitrogen and oxygen atoms in total. The maximum atomic E-state index is 13.2. The van der Waals surface area contributed by atoms with Crippen molar-refractivity contribution in [3.8, 4) is 0 Å². The number of halogens is 2. The molecule has 0 amide bonds. The highest BCUT2D eigenvalue weighted by Gasteiger charge is 2.16. The maximum absolute atomic E-state index is 13.2. The van der Waals surface area contributed by atoms with Crippen LogP contribution in [0.2, 0.25) is 0 Å². The number of hydrogen-bond donors (Lipinski definition) is 1. The summed E-state index contributed by atoms with van der Waals surface area (Å²) in [6.45, 7) is 1.13. The van der Waals surface area contributed by atoms with Crippen LogP contribution >= 0.6 is 0 Å². The average Bonchev–Trinajstić information content (AvgIpc) is 2.19. The van der Waals surface area contributed by atoms with Gasteiger partial charge in [0.1, 0.15) is 11.6 Å². The fraction of sp³-hybridized carbons (Fsp3) is 0.538. The Bertz CT molecular complexity index is 328. The second-order valence-corrected chi connectivity index (χ2v) is 4.46. The van der Waals surface area contributed by atoms with Crippen molar-refractivity contribution in [1.82, 2.24) is 5.32 Å². The summed E-state index contributed by atoms with van der Waals surface area (Å²) in [6, 6.07) is 3.99. The minimum atomic E-state index is -0.462. The number of nitrogens with one attached hydrogen (secondary N) is 1. The van der Waals surface area contributed by atoms with E-state index >= 15 is 0 Å². The summed E-state index contributed by atoms with van der Waals surface area (Å²) >= 11 is 0. The van der Waals surface area contributed by atoms with E-state index in [1.807, 2.05) is 0 Å². The Morgan fingerprint density at radius 3 is 2.44 bits per heavy atom. The van der Waals surface area contributed by atoms with Crippen molar-refractivity contribution in [3.63, 3.8) is 0 Å². The quantitative estimate of drug-likeness (QED) is 0.758. The first-order chi connectivity index (χ1) is 7.77. The van der Waals surface area contributed by atoms with Crippen molar-refractivity contribution < 1.29 is 8.78 Å². The van der Waals surface area contributed by atoms with Gasteiger partial charge in [-0.1, -0.05) is 25.3 Å². The van der Waals surface area contributed by atoms with Crippen molar-refractivity contribution in [2.75, 3.05) is 6.54 Å². The fourth-order valence-corrected chi connectivity index (χ4v) is 2.00. The zero-order chi connectivity index (χ0) is 11.4. The first-order valence-electron chi connectivity index (χ1n) is 5.91. The van der Waals surface area contributed by atoms with Crippen LogP contribution in [-0.2, 0) is 6.54 Å². The van der Waals surface area contributed by atoms with Crippen LogP contribution in [0.4, 0.5) is 8.78 Å². The van der Waals surface area contributed by atoms with Gasteiger partial charge in [0.05, 0.1) is 0 Å². The lowest BCUT2D eigenvalue weighted by Gasteiger charge is -2.25. The molecule has 1 fully saturated rings. The molecule has 0 aromatic heterocycles. The lowest BCUT2D eigenvalue weighted by Crippen LogP contribution is -2.22. The van der Waals surface area contributed by atoms with Gasteiger partial charge < -0.3 is 5.32 Å². The van der Waals surface area contributed by atoms with Crippen molar-refractivity contribution >= 4 is 0 Å². The van der Waals surface area contributed by atoms with Crippen LogP contribution in [0.1, 0.15) is 31.2 Å². The lowest BCUT2D eigenvalue weighted by molar-refractivity contribution is 0.291. The summed E-state index contributed by atoms with van der Waals surface area (Å²) in [4.78, 5) is 0. The summed E-state index contributed by atoms with van der Waals surface area (Å²) in [5, 5.41) is 3.10. The summed E-state index contributed by atoms with van der Waals surface area (Å²) in [7, 11) is 0. The topological polar surface area (TPSA) is 12.0 Å². The molecule has 1 aromatic carbocycles. The third-order valence-electron chi connectivity index (χ3n) is 3.32. The molecule has 3 heteroatoms. The highest BCUT2D eigenvalue weighted by atomic mass is 19.1. The SMILES string of the molecule is Fc1cccc(F)c1CNCCC1CCC1. The van der Waals surface area contributed by atoms with Gasteiger partial charge in [-0.25, -0.2) is 8.78 Å². The second kappa shape index (κ2) is 5.39. The molecule has 0 heterocycles. The van der Waals surface area contributed by atoms with Gasteiger partial charge in [0.2, 0.25) is 0 Å². The van der Waals surface area contributed by atoms with Crippen molar-refractivity contribution in [1.29, 1.82) is 0 Å². The molecule has 0 atom stereocenters. The largest absolute Gasteiger partial charge is 0.312 e. The first-order valence-corrected chi connectivity index (χ1v) is 5.91. The Balaban J connectivity index is 1.75. The van der Waals surface area contributed by atoms with Crippen LogP contribution in [0.5, 0.6) is 0 Å². The Morgan fingerprint density at radius 1 is 1.19 bits per heavy atom. The highest BCUT2D eigenvalue weighted by molar-refractivity contribution is 5.19. The van der Waals surface area contributed by atoms with Crippen LogP contribution in [0.15, 0.2) is 18.2 Å². The van der Waals surface area contributed by atoms with Crippen LogP contribution in [0, 0.1) is 17.6 Å². The van der Waals surface area contributed by atoms with E-state index < -0.39 is 11.6 Å². The third kappa shape index (κ3) is 2.79. The minimum Gasteiger partial charge on any atom is -0.312 e. The van der Waals surface area contributed by atoms with Gasteiger partial charge in [0, 0.05) is 12.1 Å². The standard InChI is InChI=1S/C13H17F2N/c14-12-5-2-6-13(15)11(12)9-16-8-7-10-3-1-4-10/h2,5-6,10,16H,1,3-4,7-9H2. The van der Waals surface area contributed by atoms with E-state index in [9.17, 15) is 8.78 Å². The van der Waals surface area contributed by atoms with Crippen molar-refractivity contribution in [2.45, 2.75) is 32.2 Å². The van der Waals surface area contributed by atoms with Crippen LogP contribution in [0.25, 0.3) is 0 Å². The number of rotatable bonds is 5. The molecule has 1 N–H and O–H groups in total. The summed E-state index contributed by atoms with van der Waals surface area (Å²) in [5.74, 6) is -0.0924. The van der Waals surface area contributed by atoms with E-state index in [0.29, 0.717) is 0 Å². The van der Waals surface area contributed by atoms with E-state index in [4.69, 9.17) is 0 Å². The molecular formula is C13H17F2N. The van der Waals surface area contributed by atoms with Gasteiger partial charge in [-0.05, 0) is 31.0 Å². The summed E-state index contributed by atoms with van der Waals surface area (Å²) in [6.07, 6.45) is 5.09. The second-order valence-electron chi connectivity index (χ2n) is 4.46. The van der Waals surface area contributed by atoms with Gasteiger partial charge in [0.15, 0.2) is 0 Å².